The van der Waals surface area contributed by atoms with Crippen LogP contribution in [0.4, 0.5) is 5.69 Å². The second kappa shape index (κ2) is 5.65. The summed E-state index contributed by atoms with van der Waals surface area (Å²) < 4.78 is 1.66. The first kappa shape index (κ1) is 13.8. The van der Waals surface area contributed by atoms with E-state index in [-0.39, 0.29) is 0 Å². The predicted molar refractivity (Wildman–Crippen MR) is 85.0 cm³/mol. The number of tetrazole rings is 1. The summed E-state index contributed by atoms with van der Waals surface area (Å²) in [5.74, 6) is 0. The van der Waals surface area contributed by atoms with E-state index >= 15 is 0 Å². The van der Waals surface area contributed by atoms with Gasteiger partial charge in [0.15, 0.2) is 0 Å². The molecule has 0 unspecified atom stereocenters. The first-order chi connectivity index (χ1) is 10.1. The van der Waals surface area contributed by atoms with Crippen LogP contribution >= 0.6 is 11.3 Å². The molecule has 0 aliphatic heterocycles. The van der Waals surface area contributed by atoms with Gasteiger partial charge < -0.3 is 5.32 Å². The number of anilines is 1. The van der Waals surface area contributed by atoms with Gasteiger partial charge in [0.25, 0.3) is 0 Å². The lowest BCUT2D eigenvalue weighted by molar-refractivity contribution is 0.789. The molecule has 0 fully saturated rings. The lowest BCUT2D eigenvalue weighted by Gasteiger charge is -2.11. The maximum atomic E-state index is 3.92. The molecular formula is C15H17N5S. The van der Waals surface area contributed by atoms with Crippen molar-refractivity contribution in [3.05, 3.63) is 51.5 Å². The molecule has 0 bridgehead atoms. The van der Waals surface area contributed by atoms with Crippen LogP contribution in [0.5, 0.6) is 0 Å². The molecule has 0 radical (unpaired) electrons. The van der Waals surface area contributed by atoms with E-state index in [1.165, 1.54) is 20.9 Å². The van der Waals surface area contributed by atoms with Crippen molar-refractivity contribution in [1.29, 1.82) is 0 Å². The number of rotatable bonds is 4. The molecule has 1 N–H and O–H groups in total. The van der Waals surface area contributed by atoms with Crippen molar-refractivity contribution < 1.29 is 0 Å². The minimum absolute atomic E-state index is 0.829. The monoisotopic (exact) mass is 299 g/mol. The van der Waals surface area contributed by atoms with Crippen LogP contribution in [0.3, 0.4) is 0 Å². The highest BCUT2D eigenvalue weighted by molar-refractivity contribution is 7.12. The number of aryl methyl sites for hydroxylation is 3. The summed E-state index contributed by atoms with van der Waals surface area (Å²) in [5.41, 5.74) is 4.61. The highest BCUT2D eigenvalue weighted by Gasteiger charge is 2.06. The molecule has 21 heavy (non-hydrogen) atoms. The van der Waals surface area contributed by atoms with E-state index in [9.17, 15) is 0 Å². The number of aromatic nitrogens is 4. The summed E-state index contributed by atoms with van der Waals surface area (Å²) >= 11 is 1.84. The summed E-state index contributed by atoms with van der Waals surface area (Å²) in [7, 11) is 0. The number of nitrogens with zero attached hydrogens (tertiary/aromatic N) is 4. The highest BCUT2D eigenvalue weighted by atomic mass is 32.1. The van der Waals surface area contributed by atoms with Crippen LogP contribution in [0.2, 0.25) is 0 Å². The van der Waals surface area contributed by atoms with Gasteiger partial charge in [0.05, 0.1) is 5.69 Å². The van der Waals surface area contributed by atoms with Crippen LogP contribution in [0.1, 0.15) is 20.9 Å². The summed E-state index contributed by atoms with van der Waals surface area (Å²) in [6.45, 7) is 7.23. The highest BCUT2D eigenvalue weighted by Crippen LogP contribution is 2.24. The second-order valence-electron chi connectivity index (χ2n) is 5.05. The second-order valence-corrected chi connectivity index (χ2v) is 6.51. The van der Waals surface area contributed by atoms with Gasteiger partial charge in [0.2, 0.25) is 0 Å². The number of thiophene rings is 1. The minimum atomic E-state index is 0.829. The molecule has 6 heteroatoms. The third kappa shape index (κ3) is 2.95. The molecule has 108 valence electrons. The minimum Gasteiger partial charge on any atom is -0.381 e. The van der Waals surface area contributed by atoms with E-state index < -0.39 is 0 Å². The Labute approximate surface area is 127 Å². The van der Waals surface area contributed by atoms with E-state index in [1.807, 2.05) is 17.4 Å². The fourth-order valence-electron chi connectivity index (χ4n) is 2.27. The Balaban J connectivity index is 1.82. The lowest BCUT2D eigenvalue weighted by Crippen LogP contribution is -2.03. The molecule has 5 nitrogen and oxygen atoms in total. The Morgan fingerprint density at radius 2 is 2.05 bits per heavy atom. The topological polar surface area (TPSA) is 55.6 Å². The van der Waals surface area contributed by atoms with Gasteiger partial charge in [0, 0.05) is 22.0 Å². The van der Waals surface area contributed by atoms with Gasteiger partial charge in [-0.05, 0) is 60.5 Å². The van der Waals surface area contributed by atoms with E-state index in [1.54, 1.807) is 11.0 Å². The van der Waals surface area contributed by atoms with E-state index in [0.29, 0.717) is 0 Å². The Morgan fingerprint density at radius 3 is 2.71 bits per heavy atom. The van der Waals surface area contributed by atoms with Crippen molar-refractivity contribution in [3.63, 3.8) is 0 Å². The van der Waals surface area contributed by atoms with Crippen LogP contribution < -0.4 is 5.32 Å². The third-order valence-electron chi connectivity index (χ3n) is 3.45. The lowest BCUT2D eigenvalue weighted by atomic mass is 10.1. The van der Waals surface area contributed by atoms with Crippen LogP contribution in [0, 0.1) is 20.8 Å². The summed E-state index contributed by atoms with van der Waals surface area (Å²) in [4.78, 5) is 2.72. The molecule has 0 spiro atoms. The Kier molecular flexibility index (Phi) is 3.70. The van der Waals surface area contributed by atoms with Gasteiger partial charge in [-0.3, -0.25) is 0 Å². The van der Waals surface area contributed by atoms with E-state index in [0.717, 1.165) is 17.9 Å². The smallest absolute Gasteiger partial charge is 0.143 e. The average Bonchev–Trinajstić information content (AvgIpc) is 3.08. The standard InChI is InChI=1S/C15H17N5S/c1-10-4-5-14(20-9-17-18-19-20)7-15(10)16-8-13-6-11(2)21-12(13)3/h4-7,9,16H,8H2,1-3H3. The largest absolute Gasteiger partial charge is 0.381 e. The zero-order chi connectivity index (χ0) is 14.8. The summed E-state index contributed by atoms with van der Waals surface area (Å²) in [5, 5.41) is 14.8. The molecule has 0 aliphatic rings. The zero-order valence-electron chi connectivity index (χ0n) is 12.3. The molecular weight excluding hydrogens is 282 g/mol. The predicted octanol–water partition coefficient (Wildman–Crippen LogP) is 3.26. The average molecular weight is 299 g/mol. The maximum absolute atomic E-state index is 3.92. The van der Waals surface area contributed by atoms with Gasteiger partial charge in [-0.15, -0.1) is 16.4 Å². The fraction of sp³-hybridized carbons (Fsp3) is 0.267. The number of nitrogens with one attached hydrogen (secondary N) is 1. The summed E-state index contributed by atoms with van der Waals surface area (Å²) in [6.07, 6.45) is 1.60. The first-order valence-corrected chi connectivity index (χ1v) is 7.59. The van der Waals surface area contributed by atoms with Crippen molar-refractivity contribution in [2.24, 2.45) is 0 Å². The number of benzene rings is 1. The SMILES string of the molecule is Cc1cc(CNc2cc(-n3cnnn3)ccc2C)c(C)s1. The van der Waals surface area contributed by atoms with Gasteiger partial charge in [-0.2, -0.15) is 0 Å². The molecule has 0 atom stereocenters. The van der Waals surface area contributed by atoms with E-state index in [4.69, 9.17) is 0 Å². The zero-order valence-corrected chi connectivity index (χ0v) is 13.1. The molecule has 3 aromatic rings. The fourth-order valence-corrected chi connectivity index (χ4v) is 3.22. The summed E-state index contributed by atoms with van der Waals surface area (Å²) in [6, 6.07) is 8.40. The molecule has 2 heterocycles. The molecule has 0 saturated heterocycles. The van der Waals surface area contributed by atoms with Crippen LogP contribution in [-0.4, -0.2) is 20.2 Å². The van der Waals surface area contributed by atoms with Crippen molar-refractivity contribution in [3.8, 4) is 5.69 Å². The van der Waals surface area contributed by atoms with Crippen LogP contribution in [0.25, 0.3) is 5.69 Å². The van der Waals surface area contributed by atoms with Crippen molar-refractivity contribution in [1.82, 2.24) is 20.2 Å². The number of hydrogen-bond acceptors (Lipinski definition) is 5. The van der Waals surface area contributed by atoms with Crippen molar-refractivity contribution >= 4 is 17.0 Å². The van der Waals surface area contributed by atoms with Crippen molar-refractivity contribution in [2.75, 3.05) is 5.32 Å². The van der Waals surface area contributed by atoms with Crippen molar-refractivity contribution in [2.45, 2.75) is 27.3 Å². The normalized spacial score (nSPS) is 10.8. The molecule has 0 amide bonds. The van der Waals surface area contributed by atoms with Crippen LogP contribution in [0.15, 0.2) is 30.6 Å². The van der Waals surface area contributed by atoms with Gasteiger partial charge in [-0.25, -0.2) is 4.68 Å². The Morgan fingerprint density at radius 1 is 1.19 bits per heavy atom. The molecule has 1 aromatic carbocycles. The van der Waals surface area contributed by atoms with Crippen LogP contribution in [-0.2, 0) is 6.54 Å². The Bertz CT molecular complexity index is 746. The first-order valence-electron chi connectivity index (χ1n) is 6.77. The molecule has 0 aliphatic carbocycles. The van der Waals surface area contributed by atoms with Gasteiger partial charge >= 0.3 is 0 Å². The molecule has 2 aromatic heterocycles. The van der Waals surface area contributed by atoms with Gasteiger partial charge in [0.1, 0.15) is 6.33 Å². The number of hydrogen-bond donors (Lipinski definition) is 1. The quantitative estimate of drug-likeness (QED) is 0.803. The van der Waals surface area contributed by atoms with Gasteiger partial charge in [-0.1, -0.05) is 6.07 Å². The third-order valence-corrected chi connectivity index (χ3v) is 4.46. The molecule has 0 saturated carbocycles. The van der Waals surface area contributed by atoms with E-state index in [2.05, 4.69) is 59.8 Å². The maximum Gasteiger partial charge on any atom is 0.143 e. The molecule has 3 rings (SSSR count). The Hall–Kier alpha value is -2.21.